The summed E-state index contributed by atoms with van der Waals surface area (Å²) in [5.74, 6) is 1.21. The number of carbonyl (C=O) groups excluding carboxylic acids is 1. The van der Waals surface area contributed by atoms with Crippen LogP contribution in [-0.2, 0) is 17.6 Å². The first-order valence-corrected chi connectivity index (χ1v) is 12.5. The Morgan fingerprint density at radius 2 is 2.03 bits per heavy atom. The van der Waals surface area contributed by atoms with Gasteiger partial charge in [-0.1, -0.05) is 26.0 Å². The third kappa shape index (κ3) is 4.34. The number of ketones is 1. The average Bonchev–Trinajstić information content (AvgIpc) is 3.53. The lowest BCUT2D eigenvalue weighted by Crippen LogP contribution is -2.09. The Kier molecular flexibility index (Phi) is 6.39. The SMILES string of the molecule is CCc1nc(Nc2ccc(-c3cnc4cc(C)ccn34)c(CC)c2C(C)=O)ccc1C1CCOC1. The van der Waals surface area contributed by atoms with Crippen LogP contribution in [0.3, 0.4) is 0 Å². The Hall–Kier alpha value is -3.51. The Balaban J connectivity index is 1.56. The van der Waals surface area contributed by atoms with Crippen LogP contribution in [-0.4, -0.2) is 33.4 Å². The van der Waals surface area contributed by atoms with Crippen LogP contribution in [0.1, 0.15) is 65.9 Å². The van der Waals surface area contributed by atoms with Gasteiger partial charge in [0.1, 0.15) is 11.5 Å². The van der Waals surface area contributed by atoms with E-state index in [-0.39, 0.29) is 5.78 Å². The van der Waals surface area contributed by atoms with Crippen molar-refractivity contribution in [3.8, 4) is 11.3 Å². The molecule has 4 aromatic rings. The van der Waals surface area contributed by atoms with Crippen molar-refractivity contribution >= 4 is 22.9 Å². The third-order valence-electron chi connectivity index (χ3n) is 6.94. The minimum atomic E-state index is 0.0336. The van der Waals surface area contributed by atoms with Crippen molar-refractivity contribution in [2.24, 2.45) is 0 Å². The highest BCUT2D eigenvalue weighted by Gasteiger charge is 2.22. The van der Waals surface area contributed by atoms with E-state index in [9.17, 15) is 4.79 Å². The first-order valence-electron chi connectivity index (χ1n) is 12.5. The average molecular weight is 469 g/mol. The van der Waals surface area contributed by atoms with Crippen LogP contribution in [0.5, 0.6) is 0 Å². The van der Waals surface area contributed by atoms with Gasteiger partial charge < -0.3 is 10.1 Å². The van der Waals surface area contributed by atoms with E-state index in [1.54, 1.807) is 6.92 Å². The number of anilines is 2. The van der Waals surface area contributed by atoms with Crippen molar-refractivity contribution in [2.75, 3.05) is 18.5 Å². The molecule has 1 N–H and O–H groups in total. The highest BCUT2D eigenvalue weighted by atomic mass is 16.5. The first-order chi connectivity index (χ1) is 17.0. The van der Waals surface area contributed by atoms with Crippen LogP contribution in [0, 0.1) is 6.92 Å². The van der Waals surface area contributed by atoms with E-state index in [0.29, 0.717) is 11.5 Å². The molecule has 6 nitrogen and oxygen atoms in total. The van der Waals surface area contributed by atoms with Gasteiger partial charge in [-0.3, -0.25) is 9.20 Å². The number of Topliss-reactive ketones (excluding diaryl/α,β-unsaturated/α-hetero) is 1. The van der Waals surface area contributed by atoms with Gasteiger partial charge in [0.05, 0.1) is 24.2 Å². The molecule has 0 bridgehead atoms. The topological polar surface area (TPSA) is 68.5 Å². The molecule has 3 aromatic heterocycles. The summed E-state index contributed by atoms with van der Waals surface area (Å²) in [5.41, 5.74) is 8.95. The van der Waals surface area contributed by atoms with E-state index in [0.717, 1.165) is 72.1 Å². The predicted octanol–water partition coefficient (Wildman–Crippen LogP) is 6.28. The zero-order valence-electron chi connectivity index (χ0n) is 20.9. The number of hydrogen-bond donors (Lipinski definition) is 1. The van der Waals surface area contributed by atoms with E-state index < -0.39 is 0 Å². The number of ether oxygens (including phenoxy) is 1. The zero-order valence-corrected chi connectivity index (χ0v) is 20.9. The molecule has 0 spiro atoms. The first kappa shape index (κ1) is 23.2. The van der Waals surface area contributed by atoms with Crippen LogP contribution >= 0.6 is 0 Å². The van der Waals surface area contributed by atoms with Crippen LogP contribution in [0.2, 0.25) is 0 Å². The second kappa shape index (κ2) is 9.62. The van der Waals surface area contributed by atoms with Crippen LogP contribution < -0.4 is 5.32 Å². The zero-order chi connectivity index (χ0) is 24.5. The number of aryl methyl sites for hydroxylation is 2. The van der Waals surface area contributed by atoms with E-state index in [4.69, 9.17) is 9.72 Å². The number of fused-ring (bicyclic) bond motifs is 1. The maximum absolute atomic E-state index is 12.9. The quantitative estimate of drug-likeness (QED) is 0.323. The van der Waals surface area contributed by atoms with Gasteiger partial charge in [-0.25, -0.2) is 9.97 Å². The summed E-state index contributed by atoms with van der Waals surface area (Å²) in [5, 5.41) is 3.45. The predicted molar refractivity (Wildman–Crippen MR) is 140 cm³/mol. The van der Waals surface area contributed by atoms with Gasteiger partial charge in [-0.2, -0.15) is 0 Å². The van der Waals surface area contributed by atoms with Crippen LogP contribution in [0.15, 0.2) is 48.8 Å². The molecular weight excluding hydrogens is 436 g/mol. The summed E-state index contributed by atoms with van der Waals surface area (Å²) in [6, 6.07) is 12.4. The number of benzene rings is 1. The molecule has 1 aliphatic rings. The van der Waals surface area contributed by atoms with Gasteiger partial charge in [-0.05, 0) is 74.1 Å². The fourth-order valence-electron chi connectivity index (χ4n) is 5.20. The van der Waals surface area contributed by atoms with Crippen LogP contribution in [0.25, 0.3) is 16.9 Å². The van der Waals surface area contributed by atoms with E-state index in [1.165, 1.54) is 11.1 Å². The van der Waals surface area contributed by atoms with Gasteiger partial charge in [0.15, 0.2) is 5.78 Å². The van der Waals surface area contributed by atoms with Crippen molar-refractivity contribution in [2.45, 2.75) is 52.9 Å². The summed E-state index contributed by atoms with van der Waals surface area (Å²) in [6.45, 7) is 9.50. The number of hydrogen-bond acceptors (Lipinski definition) is 5. The second-order valence-corrected chi connectivity index (χ2v) is 9.27. The van der Waals surface area contributed by atoms with Gasteiger partial charge in [-0.15, -0.1) is 0 Å². The molecule has 35 heavy (non-hydrogen) atoms. The van der Waals surface area contributed by atoms with E-state index in [2.05, 4.69) is 59.7 Å². The number of rotatable bonds is 7. The van der Waals surface area contributed by atoms with Crippen LogP contribution in [0.4, 0.5) is 11.5 Å². The number of pyridine rings is 2. The molecule has 0 radical (unpaired) electrons. The Morgan fingerprint density at radius 1 is 1.17 bits per heavy atom. The molecule has 4 heterocycles. The smallest absolute Gasteiger partial charge is 0.162 e. The van der Waals surface area contributed by atoms with E-state index >= 15 is 0 Å². The normalized spacial score (nSPS) is 15.6. The molecule has 1 atom stereocenters. The lowest BCUT2D eigenvalue weighted by atomic mass is 9.93. The number of imidazole rings is 1. The second-order valence-electron chi connectivity index (χ2n) is 9.27. The summed E-state index contributed by atoms with van der Waals surface area (Å²) >= 11 is 0. The van der Waals surface area contributed by atoms with Crippen molar-refractivity contribution in [3.63, 3.8) is 0 Å². The third-order valence-corrected chi connectivity index (χ3v) is 6.94. The molecule has 1 fully saturated rings. The monoisotopic (exact) mass is 468 g/mol. The molecule has 180 valence electrons. The molecular formula is C29H32N4O2. The van der Waals surface area contributed by atoms with Crippen molar-refractivity contribution in [3.05, 3.63) is 76.7 Å². The highest BCUT2D eigenvalue weighted by Crippen LogP contribution is 2.35. The lowest BCUT2D eigenvalue weighted by Gasteiger charge is -2.19. The molecule has 5 rings (SSSR count). The van der Waals surface area contributed by atoms with E-state index in [1.807, 2.05) is 24.5 Å². The summed E-state index contributed by atoms with van der Waals surface area (Å²) < 4.78 is 7.67. The standard InChI is InChI=1S/C29H32N4O2/c1-5-21-23(26-16-30-28-15-18(3)11-13-33(26)28)7-9-25(29(21)19(4)34)32-27-10-8-22(24(6-2)31-27)20-12-14-35-17-20/h7-11,13,15-16,20H,5-6,12,14,17H2,1-4H3,(H,31,32). The molecule has 1 aliphatic heterocycles. The minimum Gasteiger partial charge on any atom is -0.381 e. The molecule has 1 unspecified atom stereocenters. The van der Waals surface area contributed by atoms with Crippen molar-refractivity contribution in [1.82, 2.24) is 14.4 Å². The molecule has 6 heteroatoms. The molecule has 0 amide bonds. The minimum absolute atomic E-state index is 0.0336. The number of nitrogens with one attached hydrogen (secondary N) is 1. The van der Waals surface area contributed by atoms with Gasteiger partial charge >= 0.3 is 0 Å². The lowest BCUT2D eigenvalue weighted by molar-refractivity contribution is 0.101. The Labute approximate surface area is 206 Å². The molecule has 0 saturated carbocycles. The maximum Gasteiger partial charge on any atom is 0.162 e. The summed E-state index contributed by atoms with van der Waals surface area (Å²) in [6.07, 6.45) is 6.56. The summed E-state index contributed by atoms with van der Waals surface area (Å²) in [7, 11) is 0. The fraction of sp³-hybridized carbons (Fsp3) is 0.345. The molecule has 1 aromatic carbocycles. The highest BCUT2D eigenvalue weighted by molar-refractivity contribution is 6.03. The maximum atomic E-state index is 12.9. The van der Waals surface area contributed by atoms with Crippen molar-refractivity contribution in [1.29, 1.82) is 0 Å². The number of nitrogens with zero attached hydrogens (tertiary/aromatic N) is 3. The number of aromatic nitrogens is 3. The number of carbonyl (C=O) groups is 1. The molecule has 0 aliphatic carbocycles. The Morgan fingerprint density at radius 3 is 2.74 bits per heavy atom. The molecule has 1 saturated heterocycles. The summed E-state index contributed by atoms with van der Waals surface area (Å²) in [4.78, 5) is 22.4. The largest absolute Gasteiger partial charge is 0.381 e. The van der Waals surface area contributed by atoms with Crippen molar-refractivity contribution < 1.29 is 9.53 Å². The van der Waals surface area contributed by atoms with Gasteiger partial charge in [0.25, 0.3) is 0 Å². The Bertz CT molecular complexity index is 1400. The van der Waals surface area contributed by atoms with Gasteiger partial charge in [0, 0.05) is 35.5 Å². The van der Waals surface area contributed by atoms with Gasteiger partial charge in [0.2, 0.25) is 0 Å². The fourth-order valence-corrected chi connectivity index (χ4v) is 5.20.